The molecule has 2 aromatic heterocycles. The predicted octanol–water partition coefficient (Wildman–Crippen LogP) is 3.64. The van der Waals surface area contributed by atoms with Crippen LogP contribution in [0.25, 0.3) is 0 Å². The van der Waals surface area contributed by atoms with Crippen LogP contribution in [0.4, 0.5) is 0 Å². The molecule has 2 rings (SSSR count). The maximum Gasteiger partial charge on any atom is 0.237 e. The van der Waals surface area contributed by atoms with Crippen LogP contribution in [0.2, 0.25) is 4.34 Å². The van der Waals surface area contributed by atoms with Crippen molar-refractivity contribution in [1.29, 1.82) is 0 Å². The van der Waals surface area contributed by atoms with Gasteiger partial charge in [0.25, 0.3) is 0 Å². The molecule has 21 heavy (non-hydrogen) atoms. The molecule has 1 unspecified atom stereocenters. The van der Waals surface area contributed by atoms with Crippen molar-refractivity contribution in [2.24, 2.45) is 0 Å². The van der Waals surface area contributed by atoms with Crippen LogP contribution in [0.5, 0.6) is 0 Å². The Kier molecular flexibility index (Phi) is 6.23. The molecule has 2 aromatic rings. The summed E-state index contributed by atoms with van der Waals surface area (Å²) in [6, 6.07) is 7.86. The molecule has 0 fully saturated rings. The third kappa shape index (κ3) is 5.11. The number of hydrogen-bond donors (Lipinski definition) is 1. The Bertz CT molecular complexity index is 568. The van der Waals surface area contributed by atoms with E-state index in [0.29, 0.717) is 6.54 Å². The molecule has 0 aliphatic heterocycles. The molecule has 2 heterocycles. The quantitative estimate of drug-likeness (QED) is 0.833. The monoisotopic (exact) mass is 342 g/mol. The van der Waals surface area contributed by atoms with Crippen LogP contribution in [-0.2, 0) is 17.8 Å². The van der Waals surface area contributed by atoms with Crippen LogP contribution < -0.4 is 5.32 Å². The van der Waals surface area contributed by atoms with Crippen LogP contribution in [0.3, 0.4) is 0 Å². The molecule has 1 N–H and O–H groups in total. The number of thiophene rings is 2. The Hall–Kier alpha value is -0.880. The van der Waals surface area contributed by atoms with E-state index in [0.717, 1.165) is 17.3 Å². The number of halogens is 1. The molecule has 0 spiro atoms. The molecule has 1 amide bonds. The van der Waals surface area contributed by atoms with E-state index in [9.17, 15) is 4.79 Å². The van der Waals surface area contributed by atoms with Crippen molar-refractivity contribution >= 4 is 40.2 Å². The molecule has 0 bridgehead atoms. The molecular formula is C15H19ClN2OS2. The van der Waals surface area contributed by atoms with E-state index in [2.05, 4.69) is 16.8 Å². The lowest BCUT2D eigenvalue weighted by Gasteiger charge is -2.23. The van der Waals surface area contributed by atoms with Crippen molar-refractivity contribution in [3.63, 3.8) is 0 Å². The lowest BCUT2D eigenvalue weighted by molar-refractivity contribution is -0.125. The van der Waals surface area contributed by atoms with Gasteiger partial charge in [0.1, 0.15) is 0 Å². The minimum absolute atomic E-state index is 0.0664. The largest absolute Gasteiger partial charge is 0.354 e. The fraction of sp³-hybridized carbons (Fsp3) is 0.400. The zero-order valence-corrected chi connectivity index (χ0v) is 14.5. The van der Waals surface area contributed by atoms with Crippen LogP contribution in [0.1, 0.15) is 16.7 Å². The maximum atomic E-state index is 12.1. The second-order valence-corrected chi connectivity index (χ2v) is 7.75. The first-order chi connectivity index (χ1) is 10.1. The van der Waals surface area contributed by atoms with Gasteiger partial charge in [-0.25, -0.2) is 0 Å². The highest BCUT2D eigenvalue weighted by atomic mass is 35.5. The minimum atomic E-state index is -0.158. The van der Waals surface area contributed by atoms with Crippen molar-refractivity contribution in [2.75, 3.05) is 13.6 Å². The van der Waals surface area contributed by atoms with Gasteiger partial charge in [0, 0.05) is 22.8 Å². The van der Waals surface area contributed by atoms with Crippen molar-refractivity contribution in [3.8, 4) is 0 Å². The first-order valence-corrected chi connectivity index (χ1v) is 8.88. The van der Waals surface area contributed by atoms with Gasteiger partial charge in [-0.15, -0.1) is 22.7 Å². The van der Waals surface area contributed by atoms with E-state index in [-0.39, 0.29) is 11.9 Å². The first-order valence-electron chi connectivity index (χ1n) is 6.81. The highest BCUT2D eigenvalue weighted by Gasteiger charge is 2.18. The van der Waals surface area contributed by atoms with Crippen LogP contribution in [0, 0.1) is 0 Å². The average Bonchev–Trinajstić information content (AvgIpc) is 3.09. The highest BCUT2D eigenvalue weighted by Crippen LogP contribution is 2.22. The summed E-state index contributed by atoms with van der Waals surface area (Å²) in [5, 5.41) is 5.05. The summed E-state index contributed by atoms with van der Waals surface area (Å²) in [4.78, 5) is 16.6. The smallest absolute Gasteiger partial charge is 0.237 e. The summed E-state index contributed by atoms with van der Waals surface area (Å²) >= 11 is 9.20. The maximum absolute atomic E-state index is 12.1. The van der Waals surface area contributed by atoms with Gasteiger partial charge in [-0.05, 0) is 44.0 Å². The first kappa shape index (κ1) is 16.5. The van der Waals surface area contributed by atoms with Crippen molar-refractivity contribution in [3.05, 3.63) is 43.7 Å². The van der Waals surface area contributed by atoms with Gasteiger partial charge in [0.15, 0.2) is 0 Å². The van der Waals surface area contributed by atoms with Crippen molar-refractivity contribution in [2.45, 2.75) is 25.9 Å². The summed E-state index contributed by atoms with van der Waals surface area (Å²) in [5.41, 5.74) is 0. The number of nitrogens with one attached hydrogen (secondary N) is 1. The molecule has 3 nitrogen and oxygen atoms in total. The second-order valence-electron chi connectivity index (χ2n) is 4.92. The predicted molar refractivity (Wildman–Crippen MR) is 91.3 cm³/mol. The Morgan fingerprint density at radius 3 is 2.81 bits per heavy atom. The number of nitrogens with zero attached hydrogens (tertiary/aromatic N) is 1. The highest BCUT2D eigenvalue weighted by molar-refractivity contribution is 7.16. The summed E-state index contributed by atoms with van der Waals surface area (Å²) in [6.45, 7) is 3.34. The van der Waals surface area contributed by atoms with E-state index in [1.807, 2.05) is 37.1 Å². The zero-order valence-electron chi connectivity index (χ0n) is 12.1. The lowest BCUT2D eigenvalue weighted by atomic mass is 10.2. The summed E-state index contributed by atoms with van der Waals surface area (Å²) in [6.07, 6.45) is 0.889. The Morgan fingerprint density at radius 2 is 2.19 bits per heavy atom. The molecule has 0 saturated heterocycles. The standard InChI is InChI=1S/C15H19ClN2OS2/c1-11(18(2)10-13-5-6-14(16)21-13)15(19)17-8-7-12-4-3-9-20-12/h3-6,9,11H,7-8,10H2,1-2H3,(H,17,19). The van der Waals surface area contributed by atoms with E-state index in [1.54, 1.807) is 22.7 Å². The molecule has 114 valence electrons. The molecular weight excluding hydrogens is 324 g/mol. The van der Waals surface area contributed by atoms with Gasteiger partial charge >= 0.3 is 0 Å². The van der Waals surface area contributed by atoms with E-state index >= 15 is 0 Å². The molecule has 1 atom stereocenters. The van der Waals surface area contributed by atoms with Crippen molar-refractivity contribution in [1.82, 2.24) is 10.2 Å². The number of likely N-dealkylation sites (N-methyl/N-ethyl adjacent to an activating group) is 1. The SMILES string of the molecule is CC(C(=O)NCCc1cccs1)N(C)Cc1ccc(Cl)s1. The molecule has 0 aromatic carbocycles. The van der Waals surface area contributed by atoms with Gasteiger partial charge in [-0.1, -0.05) is 17.7 Å². The molecule has 0 radical (unpaired) electrons. The summed E-state index contributed by atoms with van der Waals surface area (Å²) < 4.78 is 0.784. The summed E-state index contributed by atoms with van der Waals surface area (Å²) in [5.74, 6) is 0.0664. The van der Waals surface area contributed by atoms with E-state index in [4.69, 9.17) is 11.6 Å². The zero-order chi connectivity index (χ0) is 15.2. The number of carbonyl (C=O) groups is 1. The number of hydrogen-bond acceptors (Lipinski definition) is 4. The van der Waals surface area contributed by atoms with Crippen LogP contribution >= 0.6 is 34.3 Å². The molecule has 0 saturated carbocycles. The number of amides is 1. The fourth-order valence-corrected chi connectivity index (χ4v) is 3.79. The topological polar surface area (TPSA) is 32.3 Å². The molecule has 6 heteroatoms. The Balaban J connectivity index is 1.75. The van der Waals surface area contributed by atoms with Gasteiger partial charge in [0.05, 0.1) is 10.4 Å². The normalized spacial score (nSPS) is 12.6. The molecule has 0 aliphatic carbocycles. The summed E-state index contributed by atoms with van der Waals surface area (Å²) in [7, 11) is 1.96. The third-order valence-corrected chi connectivity index (χ3v) is 5.48. The van der Waals surface area contributed by atoms with Gasteiger partial charge in [-0.3, -0.25) is 9.69 Å². The van der Waals surface area contributed by atoms with Crippen LogP contribution in [-0.4, -0.2) is 30.4 Å². The second kappa shape index (κ2) is 7.94. The lowest BCUT2D eigenvalue weighted by Crippen LogP contribution is -2.43. The van der Waals surface area contributed by atoms with Crippen molar-refractivity contribution < 1.29 is 4.79 Å². The fourth-order valence-electron chi connectivity index (χ4n) is 1.93. The average molecular weight is 343 g/mol. The van der Waals surface area contributed by atoms with Gasteiger partial charge in [-0.2, -0.15) is 0 Å². The van der Waals surface area contributed by atoms with Gasteiger partial charge < -0.3 is 5.32 Å². The minimum Gasteiger partial charge on any atom is -0.354 e. The Labute approximate surface area is 138 Å². The molecule has 0 aliphatic rings. The van der Waals surface area contributed by atoms with Gasteiger partial charge in [0.2, 0.25) is 5.91 Å². The number of carbonyl (C=O) groups excluding carboxylic acids is 1. The van der Waals surface area contributed by atoms with E-state index < -0.39 is 0 Å². The van der Waals surface area contributed by atoms with Crippen LogP contribution in [0.15, 0.2) is 29.6 Å². The Morgan fingerprint density at radius 1 is 1.38 bits per heavy atom. The number of rotatable bonds is 7. The third-order valence-electron chi connectivity index (χ3n) is 3.33. The van der Waals surface area contributed by atoms with E-state index in [1.165, 1.54) is 9.75 Å².